The number of tetrazole rings is 1. The Morgan fingerprint density at radius 2 is 2.39 bits per heavy atom. The van der Waals surface area contributed by atoms with E-state index in [1.165, 1.54) is 17.9 Å². The number of benzene rings is 1. The van der Waals surface area contributed by atoms with Crippen LogP contribution in [0.3, 0.4) is 0 Å². The van der Waals surface area contributed by atoms with Gasteiger partial charge in [-0.25, -0.2) is 9.48 Å². The molecule has 0 aliphatic heterocycles. The van der Waals surface area contributed by atoms with Gasteiger partial charge < -0.3 is 4.74 Å². The van der Waals surface area contributed by atoms with Gasteiger partial charge >= 0.3 is 5.97 Å². The van der Waals surface area contributed by atoms with Crippen LogP contribution in [-0.2, 0) is 4.74 Å². The second-order valence-corrected chi connectivity index (χ2v) is 3.48. The van der Waals surface area contributed by atoms with Crippen molar-refractivity contribution in [3.05, 3.63) is 36.2 Å². The van der Waals surface area contributed by atoms with Crippen molar-refractivity contribution in [2.75, 3.05) is 0 Å². The average molecular weight is 243 g/mol. The SMILES string of the molecule is CC(C#N)OC(=O)c1cccc(-n2cnnn2)c1. The number of aromatic nitrogens is 4. The first-order chi connectivity index (χ1) is 8.70. The molecule has 0 amide bonds. The Morgan fingerprint density at radius 1 is 1.56 bits per heavy atom. The second kappa shape index (κ2) is 5.05. The van der Waals surface area contributed by atoms with E-state index in [9.17, 15) is 4.79 Å². The molecule has 0 aliphatic carbocycles. The van der Waals surface area contributed by atoms with Crippen molar-refractivity contribution in [1.82, 2.24) is 20.2 Å². The van der Waals surface area contributed by atoms with Gasteiger partial charge in [0, 0.05) is 0 Å². The molecule has 1 heterocycles. The zero-order chi connectivity index (χ0) is 13.0. The van der Waals surface area contributed by atoms with Gasteiger partial charge in [0.05, 0.1) is 11.3 Å². The number of carbonyl (C=O) groups is 1. The normalized spacial score (nSPS) is 11.6. The topological polar surface area (TPSA) is 93.7 Å². The minimum atomic E-state index is -0.783. The van der Waals surface area contributed by atoms with E-state index in [1.54, 1.807) is 24.3 Å². The number of hydrogen-bond donors (Lipinski definition) is 0. The standard InChI is InChI=1S/C11H9N5O2/c1-8(6-12)18-11(17)9-3-2-4-10(5-9)16-7-13-14-15-16/h2-5,7-8H,1H3. The lowest BCUT2D eigenvalue weighted by Gasteiger charge is -2.06. The third-order valence-corrected chi connectivity index (χ3v) is 2.16. The molecule has 1 aromatic heterocycles. The molecule has 2 rings (SSSR count). The van der Waals surface area contributed by atoms with Crippen LogP contribution >= 0.6 is 0 Å². The molecule has 7 heteroatoms. The lowest BCUT2D eigenvalue weighted by atomic mass is 10.2. The van der Waals surface area contributed by atoms with Crippen LogP contribution in [0.2, 0.25) is 0 Å². The average Bonchev–Trinajstić information content (AvgIpc) is 2.92. The van der Waals surface area contributed by atoms with Crippen LogP contribution in [0.15, 0.2) is 30.6 Å². The molecule has 7 nitrogen and oxygen atoms in total. The number of rotatable bonds is 3. The van der Waals surface area contributed by atoms with Crippen molar-refractivity contribution in [1.29, 1.82) is 5.26 Å². The highest BCUT2D eigenvalue weighted by molar-refractivity contribution is 5.90. The summed E-state index contributed by atoms with van der Waals surface area (Å²) in [6.45, 7) is 1.50. The van der Waals surface area contributed by atoms with Crippen molar-refractivity contribution in [2.24, 2.45) is 0 Å². The summed E-state index contributed by atoms with van der Waals surface area (Å²) < 4.78 is 6.32. The molecule has 1 unspecified atom stereocenters. The first kappa shape index (κ1) is 11.7. The van der Waals surface area contributed by atoms with E-state index < -0.39 is 12.1 Å². The van der Waals surface area contributed by atoms with Gasteiger partial charge in [0.25, 0.3) is 0 Å². The molecule has 0 bridgehead atoms. The molecule has 0 spiro atoms. The molecule has 0 saturated heterocycles. The molecule has 90 valence electrons. The van der Waals surface area contributed by atoms with Crippen LogP contribution in [0, 0.1) is 11.3 Å². The van der Waals surface area contributed by atoms with Crippen LogP contribution in [0.4, 0.5) is 0 Å². The fourth-order valence-electron chi connectivity index (χ4n) is 1.31. The van der Waals surface area contributed by atoms with E-state index in [1.807, 2.05) is 6.07 Å². The third kappa shape index (κ3) is 2.49. The van der Waals surface area contributed by atoms with E-state index in [0.717, 1.165) is 0 Å². The molecule has 0 N–H and O–H groups in total. The monoisotopic (exact) mass is 243 g/mol. The van der Waals surface area contributed by atoms with Gasteiger partial charge in [-0.1, -0.05) is 6.07 Å². The molecule has 0 radical (unpaired) electrons. The molecule has 0 fully saturated rings. The minimum absolute atomic E-state index is 0.338. The van der Waals surface area contributed by atoms with Gasteiger partial charge in [-0.2, -0.15) is 5.26 Å². The molecule has 2 aromatic rings. The lowest BCUT2D eigenvalue weighted by molar-refractivity contribution is 0.0435. The van der Waals surface area contributed by atoms with Gasteiger partial charge in [0.15, 0.2) is 6.10 Å². The number of nitriles is 1. The summed E-state index contributed by atoms with van der Waals surface area (Å²) in [4.78, 5) is 11.7. The van der Waals surface area contributed by atoms with Crippen LogP contribution in [0.25, 0.3) is 5.69 Å². The summed E-state index contributed by atoms with van der Waals surface area (Å²) in [5, 5.41) is 19.3. The Bertz CT molecular complexity index is 588. The van der Waals surface area contributed by atoms with Crippen molar-refractivity contribution >= 4 is 5.97 Å². The van der Waals surface area contributed by atoms with Crippen molar-refractivity contribution in [3.8, 4) is 11.8 Å². The maximum absolute atomic E-state index is 11.7. The summed E-state index contributed by atoms with van der Waals surface area (Å²) in [6, 6.07) is 8.45. The summed E-state index contributed by atoms with van der Waals surface area (Å²) in [6.07, 6.45) is 0.636. The summed E-state index contributed by atoms with van der Waals surface area (Å²) in [5.41, 5.74) is 0.976. The lowest BCUT2D eigenvalue weighted by Crippen LogP contribution is -2.13. The highest BCUT2D eigenvalue weighted by Gasteiger charge is 2.12. The van der Waals surface area contributed by atoms with Crippen LogP contribution in [0.5, 0.6) is 0 Å². The Morgan fingerprint density at radius 3 is 3.06 bits per heavy atom. The Hall–Kier alpha value is -2.75. The largest absolute Gasteiger partial charge is 0.444 e. The van der Waals surface area contributed by atoms with Gasteiger partial charge in [-0.05, 0) is 35.5 Å². The zero-order valence-corrected chi connectivity index (χ0v) is 9.52. The maximum Gasteiger partial charge on any atom is 0.339 e. The number of ether oxygens (including phenoxy) is 1. The number of hydrogen-bond acceptors (Lipinski definition) is 6. The Balaban J connectivity index is 2.23. The quantitative estimate of drug-likeness (QED) is 0.737. The highest BCUT2D eigenvalue weighted by Crippen LogP contribution is 2.10. The predicted molar refractivity (Wildman–Crippen MR) is 59.6 cm³/mol. The number of nitrogens with zero attached hydrogens (tertiary/aromatic N) is 5. The summed E-state index contributed by atoms with van der Waals surface area (Å²) in [7, 11) is 0. The summed E-state index contributed by atoms with van der Waals surface area (Å²) in [5.74, 6) is -0.557. The molecule has 0 saturated carbocycles. The molecular weight excluding hydrogens is 234 g/mol. The smallest absolute Gasteiger partial charge is 0.339 e. The summed E-state index contributed by atoms with van der Waals surface area (Å²) >= 11 is 0. The van der Waals surface area contributed by atoms with Crippen LogP contribution in [0.1, 0.15) is 17.3 Å². The van der Waals surface area contributed by atoms with E-state index in [4.69, 9.17) is 10.00 Å². The molecule has 1 aromatic carbocycles. The van der Waals surface area contributed by atoms with Crippen molar-refractivity contribution in [2.45, 2.75) is 13.0 Å². The maximum atomic E-state index is 11.7. The fourth-order valence-corrected chi connectivity index (χ4v) is 1.31. The van der Waals surface area contributed by atoms with Gasteiger partial charge in [0.2, 0.25) is 0 Å². The zero-order valence-electron chi connectivity index (χ0n) is 9.52. The number of carbonyl (C=O) groups excluding carboxylic acids is 1. The van der Waals surface area contributed by atoms with Crippen molar-refractivity contribution in [3.63, 3.8) is 0 Å². The van der Waals surface area contributed by atoms with Gasteiger partial charge in [0.1, 0.15) is 12.4 Å². The highest BCUT2D eigenvalue weighted by atomic mass is 16.5. The first-order valence-corrected chi connectivity index (χ1v) is 5.14. The van der Waals surface area contributed by atoms with Crippen LogP contribution < -0.4 is 0 Å². The van der Waals surface area contributed by atoms with Gasteiger partial charge in [-0.15, -0.1) is 5.10 Å². The van der Waals surface area contributed by atoms with E-state index in [2.05, 4.69) is 15.5 Å². The van der Waals surface area contributed by atoms with E-state index in [0.29, 0.717) is 11.3 Å². The fraction of sp³-hybridized carbons (Fsp3) is 0.182. The van der Waals surface area contributed by atoms with Crippen LogP contribution in [-0.4, -0.2) is 32.3 Å². The Labute approximate surface area is 103 Å². The molecule has 1 atom stereocenters. The van der Waals surface area contributed by atoms with Crippen molar-refractivity contribution < 1.29 is 9.53 Å². The molecular formula is C11H9N5O2. The third-order valence-electron chi connectivity index (χ3n) is 2.16. The minimum Gasteiger partial charge on any atom is -0.444 e. The molecule has 18 heavy (non-hydrogen) atoms. The first-order valence-electron chi connectivity index (χ1n) is 5.14. The predicted octanol–water partition coefficient (Wildman–Crippen LogP) is 0.731. The molecule has 0 aliphatic rings. The Kier molecular flexibility index (Phi) is 3.29. The van der Waals surface area contributed by atoms with E-state index >= 15 is 0 Å². The van der Waals surface area contributed by atoms with E-state index in [-0.39, 0.29) is 0 Å². The second-order valence-electron chi connectivity index (χ2n) is 3.48. The number of esters is 1. The van der Waals surface area contributed by atoms with Gasteiger partial charge in [-0.3, -0.25) is 0 Å².